The zero-order chi connectivity index (χ0) is 20.4. The smallest absolute Gasteiger partial charge is 0.256 e. The maximum absolute atomic E-state index is 12.8. The normalized spacial score (nSPS) is 15.4. The minimum absolute atomic E-state index is 0.288. The molecule has 1 saturated heterocycles. The van der Waals surface area contributed by atoms with Crippen LogP contribution in [0.5, 0.6) is 0 Å². The lowest BCUT2D eigenvalue weighted by Crippen LogP contribution is -2.41. The predicted molar refractivity (Wildman–Crippen MR) is 118 cm³/mol. The number of H-pyrrole nitrogens is 1. The van der Waals surface area contributed by atoms with Gasteiger partial charge in [-0.25, -0.2) is 0 Å². The van der Waals surface area contributed by atoms with Gasteiger partial charge in [0.1, 0.15) is 0 Å². The number of nitrogens with one attached hydrogen (secondary N) is 2. The Morgan fingerprint density at radius 2 is 1.79 bits per heavy atom. The molecule has 0 unspecified atom stereocenters. The van der Waals surface area contributed by atoms with Crippen LogP contribution in [-0.2, 0) is 0 Å². The molecule has 29 heavy (non-hydrogen) atoms. The minimum Gasteiger partial charge on any atom is -0.372 e. The number of hydrogen-bond acceptors (Lipinski definition) is 4. The molecule has 150 valence electrons. The molecule has 2 aromatic carbocycles. The number of amides is 1. The zero-order valence-electron chi connectivity index (χ0n) is 16.8. The highest BCUT2D eigenvalue weighted by Crippen LogP contribution is 2.24. The van der Waals surface area contributed by atoms with E-state index in [0.29, 0.717) is 22.8 Å². The summed E-state index contributed by atoms with van der Waals surface area (Å²) in [5.41, 5.74) is 2.58. The van der Waals surface area contributed by atoms with Crippen LogP contribution >= 0.6 is 0 Å². The van der Waals surface area contributed by atoms with Crippen LogP contribution in [0.1, 0.15) is 23.2 Å². The summed E-state index contributed by atoms with van der Waals surface area (Å²) in [5, 5.41) is 3.64. The molecule has 1 fully saturated rings. The number of fused-ring (bicyclic) bond motifs is 1. The predicted octanol–water partition coefficient (Wildman–Crippen LogP) is 3.31. The molecule has 0 spiro atoms. The van der Waals surface area contributed by atoms with Crippen molar-refractivity contribution in [3.8, 4) is 0 Å². The van der Waals surface area contributed by atoms with Gasteiger partial charge in [-0.1, -0.05) is 18.2 Å². The second kappa shape index (κ2) is 8.09. The van der Waals surface area contributed by atoms with Gasteiger partial charge in [-0.05, 0) is 63.3 Å². The Bertz CT molecular complexity index is 1070. The van der Waals surface area contributed by atoms with Crippen LogP contribution in [0.2, 0.25) is 0 Å². The first-order chi connectivity index (χ1) is 14.0. The molecule has 2 heterocycles. The molecule has 0 saturated carbocycles. The average molecular weight is 390 g/mol. The van der Waals surface area contributed by atoms with E-state index in [-0.39, 0.29) is 11.5 Å². The van der Waals surface area contributed by atoms with Crippen LogP contribution in [0.15, 0.2) is 59.4 Å². The van der Waals surface area contributed by atoms with Gasteiger partial charge < -0.3 is 20.1 Å². The SMILES string of the molecule is CN1CCC(N(C)c2ccc(NC(=O)c3cc(=O)[nH]c4ccccc34)cc2)CC1. The van der Waals surface area contributed by atoms with Gasteiger partial charge in [0.2, 0.25) is 5.56 Å². The topological polar surface area (TPSA) is 68.4 Å². The van der Waals surface area contributed by atoms with Crippen molar-refractivity contribution in [1.82, 2.24) is 9.88 Å². The molecule has 6 nitrogen and oxygen atoms in total. The first-order valence-corrected chi connectivity index (χ1v) is 9.96. The zero-order valence-corrected chi connectivity index (χ0v) is 16.8. The molecule has 2 N–H and O–H groups in total. The molecule has 0 atom stereocenters. The number of rotatable bonds is 4. The second-order valence-electron chi connectivity index (χ2n) is 7.74. The molecule has 3 aromatic rings. The van der Waals surface area contributed by atoms with Crippen molar-refractivity contribution in [1.29, 1.82) is 0 Å². The molecule has 0 aliphatic carbocycles. The Balaban J connectivity index is 1.49. The lowest BCUT2D eigenvalue weighted by atomic mass is 10.0. The fourth-order valence-corrected chi connectivity index (χ4v) is 3.96. The monoisotopic (exact) mass is 390 g/mol. The second-order valence-corrected chi connectivity index (χ2v) is 7.74. The number of nitrogens with zero attached hydrogens (tertiary/aromatic N) is 2. The fourth-order valence-electron chi connectivity index (χ4n) is 3.96. The molecule has 0 bridgehead atoms. The highest BCUT2D eigenvalue weighted by Gasteiger charge is 2.21. The van der Waals surface area contributed by atoms with Gasteiger partial charge in [0.25, 0.3) is 5.91 Å². The third-order valence-electron chi connectivity index (χ3n) is 5.76. The number of likely N-dealkylation sites (tertiary alicyclic amines) is 1. The molecule has 0 radical (unpaired) electrons. The summed E-state index contributed by atoms with van der Waals surface area (Å²) in [6.45, 7) is 2.24. The molecule has 1 amide bonds. The van der Waals surface area contributed by atoms with Crippen molar-refractivity contribution in [3.63, 3.8) is 0 Å². The molecular weight excluding hydrogens is 364 g/mol. The number of pyridine rings is 1. The number of aromatic amines is 1. The van der Waals surface area contributed by atoms with Crippen LogP contribution < -0.4 is 15.8 Å². The summed E-state index contributed by atoms with van der Waals surface area (Å²) in [5.74, 6) is -0.288. The van der Waals surface area contributed by atoms with Crippen molar-refractivity contribution in [2.24, 2.45) is 0 Å². The Morgan fingerprint density at radius 3 is 2.52 bits per heavy atom. The van der Waals surface area contributed by atoms with E-state index < -0.39 is 0 Å². The van der Waals surface area contributed by atoms with Crippen molar-refractivity contribution >= 4 is 28.2 Å². The number of hydrogen-bond donors (Lipinski definition) is 2. The number of anilines is 2. The van der Waals surface area contributed by atoms with Crippen LogP contribution in [0, 0.1) is 0 Å². The number of carbonyl (C=O) groups is 1. The van der Waals surface area contributed by atoms with Gasteiger partial charge in [-0.15, -0.1) is 0 Å². The summed E-state index contributed by atoms with van der Waals surface area (Å²) < 4.78 is 0. The standard InChI is InChI=1S/C23H26N4O2/c1-26-13-11-18(12-14-26)27(2)17-9-7-16(8-10-17)24-23(29)20-15-22(28)25-21-6-4-3-5-19(20)21/h3-10,15,18H,11-14H2,1-2H3,(H,24,29)(H,25,28). The van der Waals surface area contributed by atoms with E-state index in [2.05, 4.69) is 34.2 Å². The van der Waals surface area contributed by atoms with Crippen LogP contribution in [0.4, 0.5) is 11.4 Å². The molecule has 1 aromatic heterocycles. The van der Waals surface area contributed by atoms with E-state index in [9.17, 15) is 9.59 Å². The maximum atomic E-state index is 12.8. The van der Waals surface area contributed by atoms with E-state index in [1.165, 1.54) is 6.07 Å². The Morgan fingerprint density at radius 1 is 1.10 bits per heavy atom. The maximum Gasteiger partial charge on any atom is 0.256 e. The van der Waals surface area contributed by atoms with Crippen molar-refractivity contribution < 1.29 is 4.79 Å². The Labute approximate surface area is 170 Å². The van der Waals surface area contributed by atoms with E-state index >= 15 is 0 Å². The summed E-state index contributed by atoms with van der Waals surface area (Å²) in [7, 11) is 4.30. The van der Waals surface area contributed by atoms with Gasteiger partial charge >= 0.3 is 0 Å². The summed E-state index contributed by atoms with van der Waals surface area (Å²) in [6, 6.07) is 17.1. The van der Waals surface area contributed by atoms with Crippen LogP contribution in [0.3, 0.4) is 0 Å². The number of aromatic nitrogens is 1. The van der Waals surface area contributed by atoms with Crippen LogP contribution in [0.25, 0.3) is 10.9 Å². The first-order valence-electron chi connectivity index (χ1n) is 9.96. The molecule has 6 heteroatoms. The largest absolute Gasteiger partial charge is 0.372 e. The first kappa shape index (κ1) is 19.2. The number of carbonyl (C=O) groups excluding carboxylic acids is 1. The quantitative estimate of drug-likeness (QED) is 0.717. The van der Waals surface area contributed by atoms with Gasteiger partial charge in [0, 0.05) is 41.4 Å². The van der Waals surface area contributed by atoms with Crippen molar-refractivity contribution in [2.75, 3.05) is 37.4 Å². The van der Waals surface area contributed by atoms with E-state index in [4.69, 9.17) is 0 Å². The number of piperidine rings is 1. The lowest BCUT2D eigenvalue weighted by molar-refractivity contribution is 0.102. The fraction of sp³-hybridized carbons (Fsp3) is 0.304. The Kier molecular flexibility index (Phi) is 5.36. The van der Waals surface area contributed by atoms with Crippen molar-refractivity contribution in [3.05, 3.63) is 70.5 Å². The molecular formula is C23H26N4O2. The van der Waals surface area contributed by atoms with E-state index in [1.807, 2.05) is 42.5 Å². The van der Waals surface area contributed by atoms with E-state index in [0.717, 1.165) is 37.0 Å². The molecule has 1 aliphatic heterocycles. The summed E-state index contributed by atoms with van der Waals surface area (Å²) in [4.78, 5) is 32.1. The molecule has 4 rings (SSSR count). The Hall–Kier alpha value is -3.12. The van der Waals surface area contributed by atoms with Gasteiger partial charge in [-0.3, -0.25) is 9.59 Å². The number of para-hydroxylation sites is 1. The molecule has 1 aliphatic rings. The van der Waals surface area contributed by atoms with Gasteiger partial charge in [0.15, 0.2) is 0 Å². The van der Waals surface area contributed by atoms with Gasteiger partial charge in [-0.2, -0.15) is 0 Å². The summed E-state index contributed by atoms with van der Waals surface area (Å²) >= 11 is 0. The summed E-state index contributed by atoms with van der Waals surface area (Å²) in [6.07, 6.45) is 2.31. The third-order valence-corrected chi connectivity index (χ3v) is 5.76. The van der Waals surface area contributed by atoms with E-state index in [1.54, 1.807) is 6.07 Å². The van der Waals surface area contributed by atoms with Gasteiger partial charge in [0.05, 0.1) is 5.56 Å². The van der Waals surface area contributed by atoms with Crippen molar-refractivity contribution in [2.45, 2.75) is 18.9 Å². The van der Waals surface area contributed by atoms with Crippen LogP contribution in [-0.4, -0.2) is 49.0 Å². The number of benzene rings is 2. The average Bonchev–Trinajstić information content (AvgIpc) is 2.73. The minimum atomic E-state index is -0.288. The lowest BCUT2D eigenvalue weighted by Gasteiger charge is -2.36. The highest BCUT2D eigenvalue weighted by atomic mass is 16.2. The highest BCUT2D eigenvalue weighted by molar-refractivity contribution is 6.12. The third kappa shape index (κ3) is 4.17.